The second-order valence-corrected chi connectivity index (χ2v) is 3.83. The van der Waals surface area contributed by atoms with Crippen LogP contribution in [0, 0.1) is 17.8 Å². The quantitative estimate of drug-likeness (QED) is 0.451. The molecule has 0 amide bonds. The standard InChI is InChI=1S/C10H19/c1-8-6-4-5-7-9(2)10(8)3/h8-9H,4-7H2,1-3H3. The van der Waals surface area contributed by atoms with Gasteiger partial charge in [-0.15, -0.1) is 0 Å². The third-order valence-corrected chi connectivity index (χ3v) is 3.08. The Balaban J connectivity index is 2.46. The van der Waals surface area contributed by atoms with Crippen LogP contribution in [0.15, 0.2) is 0 Å². The molecule has 59 valence electrons. The fraction of sp³-hybridized carbons (Fsp3) is 0.900. The molecule has 1 radical (unpaired) electrons. The summed E-state index contributed by atoms with van der Waals surface area (Å²) in [6.07, 6.45) is 5.75. The van der Waals surface area contributed by atoms with Gasteiger partial charge in [-0.25, -0.2) is 0 Å². The van der Waals surface area contributed by atoms with Crippen LogP contribution in [-0.4, -0.2) is 0 Å². The van der Waals surface area contributed by atoms with Crippen LogP contribution in [0.25, 0.3) is 0 Å². The normalized spacial score (nSPS) is 37.5. The molecule has 0 heterocycles. The van der Waals surface area contributed by atoms with E-state index in [-0.39, 0.29) is 0 Å². The van der Waals surface area contributed by atoms with Crippen molar-refractivity contribution in [3.63, 3.8) is 0 Å². The first-order valence-electron chi connectivity index (χ1n) is 4.55. The zero-order valence-corrected chi connectivity index (χ0v) is 7.48. The summed E-state index contributed by atoms with van der Waals surface area (Å²) in [5, 5.41) is 0. The Bertz CT molecular complexity index is 84.2. The van der Waals surface area contributed by atoms with E-state index >= 15 is 0 Å². The van der Waals surface area contributed by atoms with Gasteiger partial charge in [-0.2, -0.15) is 0 Å². The fourth-order valence-corrected chi connectivity index (χ4v) is 1.84. The molecule has 2 unspecified atom stereocenters. The predicted molar refractivity (Wildman–Crippen MR) is 45.7 cm³/mol. The van der Waals surface area contributed by atoms with E-state index in [1.165, 1.54) is 25.7 Å². The van der Waals surface area contributed by atoms with Crippen LogP contribution in [-0.2, 0) is 0 Å². The molecule has 0 saturated heterocycles. The lowest BCUT2D eigenvalue weighted by molar-refractivity contribution is 0.475. The van der Waals surface area contributed by atoms with E-state index in [1.807, 2.05) is 0 Å². The van der Waals surface area contributed by atoms with Crippen LogP contribution in [0.5, 0.6) is 0 Å². The highest BCUT2D eigenvalue weighted by Crippen LogP contribution is 2.33. The van der Waals surface area contributed by atoms with E-state index in [4.69, 9.17) is 0 Å². The SMILES string of the molecule is C[C]1C(C)CCCCC1C. The van der Waals surface area contributed by atoms with Crippen molar-refractivity contribution in [3.05, 3.63) is 5.92 Å². The van der Waals surface area contributed by atoms with E-state index < -0.39 is 0 Å². The maximum absolute atomic E-state index is 2.37. The van der Waals surface area contributed by atoms with Crippen LogP contribution in [0.2, 0.25) is 0 Å². The van der Waals surface area contributed by atoms with Gasteiger partial charge in [0.05, 0.1) is 0 Å². The zero-order chi connectivity index (χ0) is 7.56. The lowest BCUT2D eigenvalue weighted by atomic mass is 9.84. The first-order valence-corrected chi connectivity index (χ1v) is 4.55. The molecule has 0 N–H and O–H groups in total. The minimum atomic E-state index is 0.887. The highest BCUT2D eigenvalue weighted by atomic mass is 14.3. The van der Waals surface area contributed by atoms with Gasteiger partial charge in [-0.05, 0) is 17.8 Å². The molecule has 1 aliphatic rings. The molecule has 1 rings (SSSR count). The van der Waals surface area contributed by atoms with E-state index in [9.17, 15) is 0 Å². The maximum atomic E-state index is 2.37. The molecular weight excluding hydrogens is 120 g/mol. The van der Waals surface area contributed by atoms with Crippen molar-refractivity contribution in [3.8, 4) is 0 Å². The molecule has 2 atom stereocenters. The van der Waals surface area contributed by atoms with E-state index in [2.05, 4.69) is 20.8 Å². The summed E-state index contributed by atoms with van der Waals surface area (Å²) in [6, 6.07) is 0. The Morgan fingerprint density at radius 1 is 1.00 bits per heavy atom. The lowest BCUT2D eigenvalue weighted by Gasteiger charge is -2.21. The van der Waals surface area contributed by atoms with Gasteiger partial charge in [-0.1, -0.05) is 46.5 Å². The summed E-state index contributed by atoms with van der Waals surface area (Å²) in [4.78, 5) is 0. The molecule has 0 aliphatic heterocycles. The molecule has 0 aromatic heterocycles. The second-order valence-electron chi connectivity index (χ2n) is 3.83. The van der Waals surface area contributed by atoms with Crippen LogP contribution < -0.4 is 0 Å². The number of hydrogen-bond acceptors (Lipinski definition) is 0. The topological polar surface area (TPSA) is 0 Å². The fourth-order valence-electron chi connectivity index (χ4n) is 1.84. The number of rotatable bonds is 0. The average molecular weight is 139 g/mol. The highest BCUT2D eigenvalue weighted by molar-refractivity contribution is 4.96. The molecule has 10 heavy (non-hydrogen) atoms. The molecule has 0 heteroatoms. The van der Waals surface area contributed by atoms with Gasteiger partial charge in [0.1, 0.15) is 0 Å². The van der Waals surface area contributed by atoms with Crippen molar-refractivity contribution in [2.24, 2.45) is 11.8 Å². The van der Waals surface area contributed by atoms with Crippen molar-refractivity contribution in [1.29, 1.82) is 0 Å². The third kappa shape index (κ3) is 1.74. The van der Waals surface area contributed by atoms with Crippen LogP contribution in [0.1, 0.15) is 46.5 Å². The zero-order valence-electron chi connectivity index (χ0n) is 7.48. The van der Waals surface area contributed by atoms with Crippen LogP contribution in [0.3, 0.4) is 0 Å². The summed E-state index contributed by atoms with van der Waals surface area (Å²) >= 11 is 0. The molecule has 1 saturated carbocycles. The van der Waals surface area contributed by atoms with Crippen LogP contribution >= 0.6 is 0 Å². The maximum Gasteiger partial charge on any atom is -0.0216 e. The first kappa shape index (κ1) is 8.10. The van der Waals surface area contributed by atoms with E-state index in [1.54, 1.807) is 5.92 Å². The highest BCUT2D eigenvalue weighted by Gasteiger charge is 2.21. The summed E-state index contributed by atoms with van der Waals surface area (Å²) in [5.74, 6) is 3.51. The predicted octanol–water partition coefficient (Wildman–Crippen LogP) is 3.43. The summed E-state index contributed by atoms with van der Waals surface area (Å²) in [7, 11) is 0. The molecule has 0 spiro atoms. The molecule has 0 aromatic rings. The van der Waals surface area contributed by atoms with Gasteiger partial charge in [-0.3, -0.25) is 0 Å². The minimum absolute atomic E-state index is 0.887. The summed E-state index contributed by atoms with van der Waals surface area (Å²) in [5.41, 5.74) is 0. The Labute approximate surface area is 65.0 Å². The van der Waals surface area contributed by atoms with Crippen molar-refractivity contribution >= 4 is 0 Å². The van der Waals surface area contributed by atoms with Gasteiger partial charge in [0.2, 0.25) is 0 Å². The first-order chi connectivity index (χ1) is 4.72. The Kier molecular flexibility index (Phi) is 2.76. The lowest BCUT2D eigenvalue weighted by Crippen LogP contribution is -2.11. The summed E-state index contributed by atoms with van der Waals surface area (Å²) < 4.78 is 0. The Morgan fingerprint density at radius 2 is 1.40 bits per heavy atom. The molecule has 1 aliphatic carbocycles. The van der Waals surface area contributed by atoms with Crippen molar-refractivity contribution < 1.29 is 0 Å². The van der Waals surface area contributed by atoms with Gasteiger partial charge in [0.15, 0.2) is 0 Å². The smallest absolute Gasteiger partial charge is 0.0216 e. The van der Waals surface area contributed by atoms with Crippen molar-refractivity contribution in [2.75, 3.05) is 0 Å². The monoisotopic (exact) mass is 139 g/mol. The Hall–Kier alpha value is 0. The summed E-state index contributed by atoms with van der Waals surface area (Å²) in [6.45, 7) is 7.08. The minimum Gasteiger partial charge on any atom is -0.0620 e. The van der Waals surface area contributed by atoms with E-state index in [0.29, 0.717) is 0 Å². The van der Waals surface area contributed by atoms with Crippen LogP contribution in [0.4, 0.5) is 0 Å². The molecular formula is C10H19. The average Bonchev–Trinajstić information content (AvgIpc) is 2.04. The molecule has 1 fully saturated rings. The van der Waals surface area contributed by atoms with E-state index in [0.717, 1.165) is 11.8 Å². The van der Waals surface area contributed by atoms with Gasteiger partial charge in [0.25, 0.3) is 0 Å². The number of hydrogen-bond donors (Lipinski definition) is 0. The van der Waals surface area contributed by atoms with Crippen molar-refractivity contribution in [1.82, 2.24) is 0 Å². The van der Waals surface area contributed by atoms with Gasteiger partial charge in [0, 0.05) is 0 Å². The Morgan fingerprint density at radius 3 is 1.80 bits per heavy atom. The third-order valence-electron chi connectivity index (χ3n) is 3.08. The van der Waals surface area contributed by atoms with Crippen molar-refractivity contribution in [2.45, 2.75) is 46.5 Å². The molecule has 0 aromatic carbocycles. The molecule has 0 nitrogen and oxygen atoms in total. The van der Waals surface area contributed by atoms with Gasteiger partial charge >= 0.3 is 0 Å². The van der Waals surface area contributed by atoms with Gasteiger partial charge < -0.3 is 0 Å². The second kappa shape index (κ2) is 3.41. The largest absolute Gasteiger partial charge is 0.0620 e. The molecule has 0 bridgehead atoms.